The van der Waals surface area contributed by atoms with E-state index in [4.69, 9.17) is 37.0 Å². The van der Waals surface area contributed by atoms with Crippen LogP contribution in [-0.4, -0.2) is 96.7 Å². The van der Waals surface area contributed by atoms with Crippen LogP contribution in [0.3, 0.4) is 0 Å². The number of carbonyl (C=O) groups is 4. The Hall–Kier alpha value is -1.94. The first-order valence-corrected chi connectivity index (χ1v) is 42.0. The Bertz CT molecular complexity index is 1820. The minimum atomic E-state index is -4.96. The van der Waals surface area contributed by atoms with Crippen LogP contribution >= 0.6 is 15.6 Å². The molecule has 94 heavy (non-hydrogen) atoms. The summed E-state index contributed by atoms with van der Waals surface area (Å²) in [6, 6.07) is 0. The fourth-order valence-corrected chi connectivity index (χ4v) is 13.1. The van der Waals surface area contributed by atoms with E-state index in [1.54, 1.807) is 0 Å². The molecular formula is C75H146O17P2. The zero-order valence-corrected chi connectivity index (χ0v) is 63.1. The summed E-state index contributed by atoms with van der Waals surface area (Å²) < 4.78 is 68.5. The van der Waals surface area contributed by atoms with E-state index in [9.17, 15) is 43.2 Å². The van der Waals surface area contributed by atoms with Gasteiger partial charge in [-0.05, 0) is 37.5 Å². The van der Waals surface area contributed by atoms with Gasteiger partial charge in [0.05, 0.1) is 26.4 Å². The van der Waals surface area contributed by atoms with Gasteiger partial charge in [-0.2, -0.15) is 0 Å². The second-order valence-corrected chi connectivity index (χ2v) is 30.9. The summed E-state index contributed by atoms with van der Waals surface area (Å²) in [5.74, 6) is -0.636. The number of unbranched alkanes of at least 4 members (excludes halogenated alkanes) is 44. The van der Waals surface area contributed by atoms with Gasteiger partial charge in [0, 0.05) is 25.7 Å². The molecule has 0 saturated carbocycles. The molecule has 0 amide bonds. The molecule has 0 spiro atoms. The third-order valence-corrected chi connectivity index (χ3v) is 19.4. The molecule has 0 aliphatic rings. The third-order valence-electron chi connectivity index (χ3n) is 17.5. The fraction of sp³-hybridized carbons (Fsp3) is 0.947. The lowest BCUT2D eigenvalue weighted by molar-refractivity contribution is -0.161. The van der Waals surface area contributed by atoms with Crippen molar-refractivity contribution in [3.8, 4) is 0 Å². The number of hydrogen-bond donors (Lipinski definition) is 3. The lowest BCUT2D eigenvalue weighted by Crippen LogP contribution is -2.30. The van der Waals surface area contributed by atoms with E-state index >= 15 is 0 Å². The molecule has 0 saturated heterocycles. The van der Waals surface area contributed by atoms with Gasteiger partial charge < -0.3 is 33.8 Å². The second kappa shape index (κ2) is 66.9. The summed E-state index contributed by atoms with van der Waals surface area (Å²) in [5, 5.41) is 10.6. The van der Waals surface area contributed by atoms with Gasteiger partial charge >= 0.3 is 39.5 Å². The van der Waals surface area contributed by atoms with Crippen LogP contribution in [0.1, 0.15) is 388 Å². The molecule has 0 fully saturated rings. The summed E-state index contributed by atoms with van der Waals surface area (Å²) in [7, 11) is -9.91. The molecular weight excluding hydrogens is 1230 g/mol. The summed E-state index contributed by atoms with van der Waals surface area (Å²) in [5.41, 5.74) is 0. The van der Waals surface area contributed by atoms with Crippen LogP contribution in [0, 0.1) is 11.8 Å². The first-order chi connectivity index (χ1) is 45.4. The summed E-state index contributed by atoms with van der Waals surface area (Å²) in [4.78, 5) is 72.8. The van der Waals surface area contributed by atoms with Crippen LogP contribution < -0.4 is 0 Å². The van der Waals surface area contributed by atoms with Crippen molar-refractivity contribution < 1.29 is 80.2 Å². The quantitative estimate of drug-likeness (QED) is 0.0222. The van der Waals surface area contributed by atoms with Crippen molar-refractivity contribution in [3.63, 3.8) is 0 Å². The molecule has 0 rings (SSSR count). The molecule has 19 heteroatoms. The van der Waals surface area contributed by atoms with Gasteiger partial charge in [0.15, 0.2) is 12.2 Å². The Kier molecular flexibility index (Phi) is 65.5. The Morgan fingerprint density at radius 3 is 0.723 bits per heavy atom. The van der Waals surface area contributed by atoms with Crippen LogP contribution in [0.5, 0.6) is 0 Å². The van der Waals surface area contributed by atoms with Crippen molar-refractivity contribution in [1.29, 1.82) is 0 Å². The number of carbonyl (C=O) groups excluding carboxylic acids is 4. The summed E-state index contributed by atoms with van der Waals surface area (Å²) >= 11 is 0. The minimum Gasteiger partial charge on any atom is -0.462 e. The monoisotopic (exact) mass is 1380 g/mol. The van der Waals surface area contributed by atoms with Crippen molar-refractivity contribution in [2.75, 3.05) is 39.6 Å². The largest absolute Gasteiger partial charge is 0.472 e. The van der Waals surface area contributed by atoms with Crippen LogP contribution in [0.4, 0.5) is 0 Å². The number of phosphoric acid groups is 2. The van der Waals surface area contributed by atoms with Gasteiger partial charge in [0.25, 0.3) is 0 Å². The van der Waals surface area contributed by atoms with Crippen molar-refractivity contribution in [2.24, 2.45) is 11.8 Å². The second-order valence-electron chi connectivity index (χ2n) is 28.0. The summed E-state index contributed by atoms with van der Waals surface area (Å²) in [6.07, 6.45) is 54.0. The Morgan fingerprint density at radius 2 is 0.489 bits per heavy atom. The minimum absolute atomic E-state index is 0.105. The Balaban J connectivity index is 5.25. The van der Waals surface area contributed by atoms with E-state index in [0.29, 0.717) is 25.7 Å². The van der Waals surface area contributed by atoms with E-state index < -0.39 is 97.5 Å². The van der Waals surface area contributed by atoms with Crippen LogP contribution in [0.2, 0.25) is 0 Å². The molecule has 0 radical (unpaired) electrons. The number of aliphatic hydroxyl groups is 1. The SMILES string of the molecule is CCCCCCCCCCCCCCCCCCCC(=O)O[C@H](COC(=O)CCCCCCCCCCCCCCC)COP(=O)(O)OC[C@@H](O)COP(=O)(O)OC[C@@H](COC(=O)CCCCCCCCCCCC(C)C)OC(=O)CCCCCCCCCCCC(C)C. The molecule has 0 aromatic heterocycles. The fourth-order valence-electron chi connectivity index (χ4n) is 11.5. The lowest BCUT2D eigenvalue weighted by Gasteiger charge is -2.21. The standard InChI is InChI=1S/C75H146O17P2/c1-7-9-11-13-15-17-19-21-22-23-24-26-28-34-41-47-53-59-74(79)91-70(63-85-72(77)57-51-45-39-33-27-25-20-18-16-14-12-10-8-2)65-89-93(81,82)87-61-69(76)62-88-94(83,84)90-66-71(92-75(80)60-54-48-42-36-30-32-38-44-50-56-68(5)6)64-86-73(78)58-52-46-40-35-29-31-37-43-49-55-67(3)4/h67-71,76H,7-66H2,1-6H3,(H,81,82)(H,83,84)/t69-,70-,71-/m1/s1. The van der Waals surface area contributed by atoms with Gasteiger partial charge in [0.1, 0.15) is 19.3 Å². The average Bonchev–Trinajstić information content (AvgIpc) is 2.56. The molecule has 558 valence electrons. The highest BCUT2D eigenvalue weighted by atomic mass is 31.2. The highest BCUT2D eigenvalue weighted by Crippen LogP contribution is 2.45. The van der Waals surface area contributed by atoms with Crippen molar-refractivity contribution in [1.82, 2.24) is 0 Å². The molecule has 0 aromatic carbocycles. The van der Waals surface area contributed by atoms with Crippen LogP contribution in [-0.2, 0) is 65.4 Å². The highest BCUT2D eigenvalue weighted by Gasteiger charge is 2.30. The lowest BCUT2D eigenvalue weighted by atomic mass is 10.0. The van der Waals surface area contributed by atoms with Gasteiger partial charge in [-0.15, -0.1) is 0 Å². The summed E-state index contributed by atoms with van der Waals surface area (Å²) in [6.45, 7) is 9.55. The maximum atomic E-state index is 13.1. The van der Waals surface area contributed by atoms with E-state index in [2.05, 4.69) is 41.5 Å². The van der Waals surface area contributed by atoms with Gasteiger partial charge in [-0.25, -0.2) is 9.13 Å². The topological polar surface area (TPSA) is 237 Å². The number of rotatable bonds is 74. The average molecular weight is 1380 g/mol. The molecule has 0 aromatic rings. The van der Waals surface area contributed by atoms with E-state index in [0.717, 1.165) is 102 Å². The maximum Gasteiger partial charge on any atom is 0.472 e. The van der Waals surface area contributed by atoms with Crippen molar-refractivity contribution in [2.45, 2.75) is 407 Å². The highest BCUT2D eigenvalue weighted by molar-refractivity contribution is 7.47. The predicted octanol–water partition coefficient (Wildman–Crippen LogP) is 21.9. The molecule has 0 heterocycles. The molecule has 5 atom stereocenters. The van der Waals surface area contributed by atoms with E-state index in [-0.39, 0.29) is 25.7 Å². The molecule has 0 bridgehead atoms. The van der Waals surface area contributed by atoms with Gasteiger partial charge in [-0.3, -0.25) is 37.3 Å². The van der Waals surface area contributed by atoms with Gasteiger partial charge in [-0.1, -0.05) is 337 Å². The first kappa shape index (κ1) is 92.1. The first-order valence-electron chi connectivity index (χ1n) is 39.0. The van der Waals surface area contributed by atoms with Crippen LogP contribution in [0.15, 0.2) is 0 Å². The molecule has 17 nitrogen and oxygen atoms in total. The zero-order chi connectivity index (χ0) is 69.3. The number of hydrogen-bond acceptors (Lipinski definition) is 15. The normalized spacial score (nSPS) is 14.0. The third kappa shape index (κ3) is 68.6. The van der Waals surface area contributed by atoms with Crippen molar-refractivity contribution in [3.05, 3.63) is 0 Å². The van der Waals surface area contributed by atoms with Gasteiger partial charge in [0.2, 0.25) is 0 Å². The molecule has 3 N–H and O–H groups in total. The van der Waals surface area contributed by atoms with Crippen molar-refractivity contribution >= 4 is 39.5 Å². The molecule has 0 aliphatic carbocycles. The van der Waals surface area contributed by atoms with E-state index in [1.807, 2.05) is 0 Å². The number of ether oxygens (including phenoxy) is 4. The smallest absolute Gasteiger partial charge is 0.462 e. The predicted molar refractivity (Wildman–Crippen MR) is 381 cm³/mol. The number of aliphatic hydroxyl groups excluding tert-OH is 1. The molecule has 2 unspecified atom stereocenters. The van der Waals surface area contributed by atoms with E-state index in [1.165, 1.54) is 205 Å². The zero-order valence-electron chi connectivity index (χ0n) is 61.3. The number of phosphoric ester groups is 2. The Labute approximate surface area is 575 Å². The molecule has 0 aliphatic heterocycles. The Morgan fingerprint density at radius 1 is 0.287 bits per heavy atom. The maximum absolute atomic E-state index is 13.1. The number of esters is 4. The van der Waals surface area contributed by atoms with Crippen LogP contribution in [0.25, 0.3) is 0 Å².